The molecule has 0 bridgehead atoms. The zero-order valence-electron chi connectivity index (χ0n) is 11.5. The first-order chi connectivity index (χ1) is 9.15. The van der Waals surface area contributed by atoms with Crippen molar-refractivity contribution in [1.82, 2.24) is 15.3 Å². The van der Waals surface area contributed by atoms with Crippen LogP contribution in [-0.2, 0) is 11.2 Å². The Kier molecular flexibility index (Phi) is 7.18. The lowest BCUT2D eigenvalue weighted by atomic mass is 10.3. The molecule has 106 valence electrons. The second kappa shape index (κ2) is 8.69. The number of halogens is 1. The quantitative estimate of drug-likeness (QED) is 0.720. The smallest absolute Gasteiger partial charge is 0.221 e. The van der Waals surface area contributed by atoms with Crippen LogP contribution < -0.4 is 10.6 Å². The van der Waals surface area contributed by atoms with Gasteiger partial charge in [0.05, 0.1) is 0 Å². The highest BCUT2D eigenvalue weighted by Gasteiger charge is 2.04. The zero-order chi connectivity index (χ0) is 14.1. The number of nitrogens with zero attached hydrogens (tertiary/aromatic N) is 2. The van der Waals surface area contributed by atoms with Gasteiger partial charge in [-0.1, -0.05) is 25.4 Å². The summed E-state index contributed by atoms with van der Waals surface area (Å²) in [5, 5.41) is 6.35. The normalized spacial score (nSPS) is 10.3. The molecule has 0 spiro atoms. The molecule has 0 aromatic carbocycles. The monoisotopic (exact) mass is 284 g/mol. The summed E-state index contributed by atoms with van der Waals surface area (Å²) in [6, 6.07) is 1.67. The first kappa shape index (κ1) is 15.7. The Labute approximate surface area is 119 Å². The molecule has 2 N–H and O–H groups in total. The SMILES string of the molecule is CCCNC(=O)CCNc1cc(Cl)nc(CCC)n1. The Hall–Kier alpha value is -1.36. The van der Waals surface area contributed by atoms with Crippen molar-refractivity contribution in [2.75, 3.05) is 18.4 Å². The minimum Gasteiger partial charge on any atom is -0.369 e. The van der Waals surface area contributed by atoms with Gasteiger partial charge in [0, 0.05) is 32.0 Å². The van der Waals surface area contributed by atoms with Gasteiger partial charge in [0.2, 0.25) is 5.91 Å². The van der Waals surface area contributed by atoms with Crippen molar-refractivity contribution in [1.29, 1.82) is 0 Å². The lowest BCUT2D eigenvalue weighted by Gasteiger charge is -2.08. The number of aromatic nitrogens is 2. The van der Waals surface area contributed by atoms with Crippen LogP contribution in [0.2, 0.25) is 5.15 Å². The second-order valence-electron chi connectivity index (χ2n) is 4.27. The Balaban J connectivity index is 2.42. The topological polar surface area (TPSA) is 66.9 Å². The van der Waals surface area contributed by atoms with Gasteiger partial charge in [-0.05, 0) is 12.8 Å². The summed E-state index contributed by atoms with van der Waals surface area (Å²) < 4.78 is 0. The standard InChI is InChI=1S/C13H21ClN4O/c1-3-5-11-17-10(14)9-12(18-11)15-8-6-13(19)16-7-4-2/h9H,3-8H2,1-2H3,(H,16,19)(H,15,17,18). The lowest BCUT2D eigenvalue weighted by Crippen LogP contribution is -2.26. The third kappa shape index (κ3) is 6.38. The van der Waals surface area contributed by atoms with Gasteiger partial charge in [-0.25, -0.2) is 9.97 Å². The number of anilines is 1. The van der Waals surface area contributed by atoms with Crippen molar-refractivity contribution in [3.63, 3.8) is 0 Å². The molecule has 6 heteroatoms. The molecular formula is C13H21ClN4O. The molecule has 19 heavy (non-hydrogen) atoms. The summed E-state index contributed by atoms with van der Waals surface area (Å²) in [6.07, 6.45) is 3.14. The molecule has 5 nitrogen and oxygen atoms in total. The summed E-state index contributed by atoms with van der Waals surface area (Å²) in [4.78, 5) is 19.9. The molecule has 1 heterocycles. The van der Waals surface area contributed by atoms with Crippen molar-refractivity contribution in [2.45, 2.75) is 39.5 Å². The van der Waals surface area contributed by atoms with Crippen molar-refractivity contribution < 1.29 is 4.79 Å². The largest absolute Gasteiger partial charge is 0.369 e. The minimum atomic E-state index is 0.0447. The molecule has 0 radical (unpaired) electrons. The molecule has 1 amide bonds. The van der Waals surface area contributed by atoms with Gasteiger partial charge >= 0.3 is 0 Å². The van der Waals surface area contributed by atoms with Gasteiger partial charge in [0.15, 0.2) is 0 Å². The Morgan fingerprint density at radius 3 is 2.74 bits per heavy atom. The van der Waals surface area contributed by atoms with Crippen LogP contribution >= 0.6 is 11.6 Å². The average Bonchev–Trinajstić information content (AvgIpc) is 2.36. The summed E-state index contributed by atoms with van der Waals surface area (Å²) in [6.45, 7) is 5.35. The molecule has 0 unspecified atom stereocenters. The fourth-order valence-electron chi connectivity index (χ4n) is 1.55. The number of rotatable bonds is 8. The van der Waals surface area contributed by atoms with E-state index in [0.717, 1.165) is 31.6 Å². The molecule has 0 fully saturated rings. The van der Waals surface area contributed by atoms with E-state index in [2.05, 4.69) is 27.5 Å². The summed E-state index contributed by atoms with van der Waals surface area (Å²) in [7, 11) is 0. The van der Waals surface area contributed by atoms with Gasteiger partial charge < -0.3 is 10.6 Å². The fraction of sp³-hybridized carbons (Fsp3) is 0.615. The highest BCUT2D eigenvalue weighted by atomic mass is 35.5. The molecule has 0 saturated heterocycles. The second-order valence-corrected chi connectivity index (χ2v) is 4.66. The first-order valence-corrected chi connectivity index (χ1v) is 7.07. The highest BCUT2D eigenvalue weighted by molar-refractivity contribution is 6.29. The molecular weight excluding hydrogens is 264 g/mol. The average molecular weight is 285 g/mol. The Morgan fingerprint density at radius 1 is 1.26 bits per heavy atom. The molecule has 0 saturated carbocycles. The van der Waals surface area contributed by atoms with Crippen LogP contribution in [0.3, 0.4) is 0 Å². The van der Waals surface area contributed by atoms with Crippen LogP contribution in [0.4, 0.5) is 5.82 Å². The van der Waals surface area contributed by atoms with Gasteiger partial charge in [0.1, 0.15) is 16.8 Å². The first-order valence-electron chi connectivity index (χ1n) is 6.69. The van der Waals surface area contributed by atoms with E-state index < -0.39 is 0 Å². The third-order valence-corrected chi connectivity index (χ3v) is 2.64. The van der Waals surface area contributed by atoms with E-state index in [1.54, 1.807) is 6.07 Å². The predicted octanol–water partition coefficient (Wildman–Crippen LogP) is 2.41. The van der Waals surface area contributed by atoms with Crippen molar-refractivity contribution >= 4 is 23.3 Å². The Morgan fingerprint density at radius 2 is 2.05 bits per heavy atom. The minimum absolute atomic E-state index is 0.0447. The van der Waals surface area contributed by atoms with E-state index in [9.17, 15) is 4.79 Å². The fourth-order valence-corrected chi connectivity index (χ4v) is 1.75. The number of hydrogen-bond donors (Lipinski definition) is 2. The number of nitrogens with one attached hydrogen (secondary N) is 2. The van der Waals surface area contributed by atoms with Gasteiger partial charge in [0.25, 0.3) is 0 Å². The third-order valence-electron chi connectivity index (χ3n) is 2.45. The van der Waals surface area contributed by atoms with E-state index in [-0.39, 0.29) is 5.91 Å². The van der Waals surface area contributed by atoms with Crippen LogP contribution in [0, 0.1) is 0 Å². The van der Waals surface area contributed by atoms with Crippen molar-refractivity contribution in [2.24, 2.45) is 0 Å². The van der Waals surface area contributed by atoms with Crippen LogP contribution in [0.1, 0.15) is 38.9 Å². The maximum atomic E-state index is 11.4. The zero-order valence-corrected chi connectivity index (χ0v) is 12.3. The predicted molar refractivity (Wildman–Crippen MR) is 77.4 cm³/mol. The van der Waals surface area contributed by atoms with E-state index in [1.165, 1.54) is 0 Å². The number of amides is 1. The molecule has 1 aromatic rings. The number of carbonyl (C=O) groups is 1. The van der Waals surface area contributed by atoms with Gasteiger partial charge in [-0.2, -0.15) is 0 Å². The van der Waals surface area contributed by atoms with Crippen LogP contribution in [0.15, 0.2) is 6.07 Å². The Bertz CT molecular complexity index is 412. The van der Waals surface area contributed by atoms with Gasteiger partial charge in [-0.3, -0.25) is 4.79 Å². The summed E-state index contributed by atoms with van der Waals surface area (Å²) >= 11 is 5.93. The molecule has 0 atom stereocenters. The van der Waals surface area contributed by atoms with Crippen LogP contribution in [0.25, 0.3) is 0 Å². The van der Waals surface area contributed by atoms with E-state index in [4.69, 9.17) is 11.6 Å². The number of aryl methyl sites for hydroxylation is 1. The maximum absolute atomic E-state index is 11.4. The maximum Gasteiger partial charge on any atom is 0.221 e. The van der Waals surface area contributed by atoms with Crippen LogP contribution in [-0.4, -0.2) is 29.0 Å². The molecule has 1 aromatic heterocycles. The number of hydrogen-bond acceptors (Lipinski definition) is 4. The highest BCUT2D eigenvalue weighted by Crippen LogP contribution is 2.12. The molecule has 1 rings (SSSR count). The van der Waals surface area contributed by atoms with Crippen LogP contribution in [0.5, 0.6) is 0 Å². The van der Waals surface area contributed by atoms with Gasteiger partial charge in [-0.15, -0.1) is 0 Å². The van der Waals surface area contributed by atoms with E-state index >= 15 is 0 Å². The number of carbonyl (C=O) groups excluding carboxylic acids is 1. The van der Waals surface area contributed by atoms with E-state index in [0.29, 0.717) is 23.9 Å². The molecule has 0 aliphatic rings. The van der Waals surface area contributed by atoms with Crippen molar-refractivity contribution in [3.05, 3.63) is 17.0 Å². The van der Waals surface area contributed by atoms with E-state index in [1.807, 2.05) is 6.92 Å². The lowest BCUT2D eigenvalue weighted by molar-refractivity contribution is -0.120. The summed E-state index contributed by atoms with van der Waals surface area (Å²) in [5.41, 5.74) is 0. The van der Waals surface area contributed by atoms with Crippen molar-refractivity contribution in [3.8, 4) is 0 Å². The molecule has 0 aliphatic carbocycles. The molecule has 0 aliphatic heterocycles. The summed E-state index contributed by atoms with van der Waals surface area (Å²) in [5.74, 6) is 1.45.